The van der Waals surface area contributed by atoms with Crippen molar-refractivity contribution in [1.29, 1.82) is 0 Å². The number of aryl methyl sites for hydroxylation is 2. The normalized spacial score (nSPS) is 11.3. The number of benzene rings is 2. The molecule has 0 aliphatic heterocycles. The van der Waals surface area contributed by atoms with Crippen LogP contribution in [0.1, 0.15) is 40.4 Å². The van der Waals surface area contributed by atoms with Crippen molar-refractivity contribution in [2.45, 2.75) is 38.6 Å². The molecule has 0 aliphatic rings. The zero-order valence-electron chi connectivity index (χ0n) is 18.8. The van der Waals surface area contributed by atoms with Gasteiger partial charge in [-0.3, -0.25) is 9.59 Å². The Bertz CT molecular complexity index is 1030. The second kappa shape index (κ2) is 10.5. The van der Waals surface area contributed by atoms with Crippen molar-refractivity contribution in [2.75, 3.05) is 27.2 Å². The number of hydrogen-bond acceptors (Lipinski definition) is 4. The smallest absolute Gasteiger partial charge is 0.253 e. The van der Waals surface area contributed by atoms with E-state index >= 15 is 0 Å². The lowest BCUT2D eigenvalue weighted by Gasteiger charge is -2.21. The molecular weight excluding hydrogens is 414 g/mol. The van der Waals surface area contributed by atoms with Crippen LogP contribution in [0.15, 0.2) is 47.4 Å². The molecule has 2 amide bonds. The van der Waals surface area contributed by atoms with Crippen LogP contribution in [0.2, 0.25) is 0 Å². The summed E-state index contributed by atoms with van der Waals surface area (Å²) in [7, 11) is -0.270. The van der Waals surface area contributed by atoms with E-state index in [1.807, 2.05) is 32.9 Å². The van der Waals surface area contributed by atoms with Gasteiger partial charge in [0.25, 0.3) is 5.91 Å². The van der Waals surface area contributed by atoms with Crippen molar-refractivity contribution in [3.63, 3.8) is 0 Å². The van der Waals surface area contributed by atoms with Gasteiger partial charge in [-0.1, -0.05) is 18.2 Å². The molecule has 0 spiro atoms. The Labute approximate surface area is 185 Å². The van der Waals surface area contributed by atoms with Crippen LogP contribution in [0.5, 0.6) is 0 Å². The van der Waals surface area contributed by atoms with Crippen molar-refractivity contribution < 1.29 is 18.0 Å². The Morgan fingerprint density at radius 2 is 1.61 bits per heavy atom. The van der Waals surface area contributed by atoms with E-state index in [1.165, 1.54) is 4.90 Å². The zero-order chi connectivity index (χ0) is 23.2. The Hall–Kier alpha value is -2.71. The van der Waals surface area contributed by atoms with Crippen LogP contribution in [-0.4, -0.2) is 57.2 Å². The molecule has 168 valence electrons. The fraction of sp³-hybridized carbons (Fsp3) is 0.391. The summed E-state index contributed by atoms with van der Waals surface area (Å²) in [5.74, 6) is -0.218. The van der Waals surface area contributed by atoms with Crippen LogP contribution >= 0.6 is 0 Å². The number of amides is 2. The minimum Gasteiger partial charge on any atom is -0.345 e. The monoisotopic (exact) mass is 445 g/mol. The van der Waals surface area contributed by atoms with E-state index < -0.39 is 10.0 Å². The molecule has 2 rings (SSSR count). The van der Waals surface area contributed by atoms with Gasteiger partial charge in [0.1, 0.15) is 0 Å². The van der Waals surface area contributed by atoms with E-state index in [-0.39, 0.29) is 29.7 Å². The molecule has 31 heavy (non-hydrogen) atoms. The standard InChI is InChI=1S/C23H31N3O4S/c1-6-26(16-19-8-10-20(11-9-19)23(28)25(4)5)22(27)13-14-24-31(29,30)21-12-7-17(2)18(3)15-21/h7-12,15,24H,6,13-14,16H2,1-5H3. The predicted molar refractivity (Wildman–Crippen MR) is 121 cm³/mol. The molecular formula is C23H31N3O4S. The molecule has 8 heteroatoms. The van der Waals surface area contributed by atoms with Crippen LogP contribution in [-0.2, 0) is 21.4 Å². The quantitative estimate of drug-likeness (QED) is 0.643. The van der Waals surface area contributed by atoms with Gasteiger partial charge in [0.15, 0.2) is 0 Å². The minimum absolute atomic E-state index is 0.0286. The molecule has 2 aromatic carbocycles. The summed E-state index contributed by atoms with van der Waals surface area (Å²) >= 11 is 0. The van der Waals surface area contributed by atoms with Gasteiger partial charge in [0.05, 0.1) is 4.90 Å². The highest BCUT2D eigenvalue weighted by atomic mass is 32.2. The van der Waals surface area contributed by atoms with Gasteiger partial charge in [-0.05, 0) is 61.7 Å². The summed E-state index contributed by atoms with van der Waals surface area (Å²) in [5.41, 5.74) is 3.41. The molecule has 0 radical (unpaired) electrons. The van der Waals surface area contributed by atoms with E-state index in [2.05, 4.69) is 4.72 Å². The van der Waals surface area contributed by atoms with Crippen molar-refractivity contribution in [3.05, 3.63) is 64.7 Å². The lowest BCUT2D eigenvalue weighted by Crippen LogP contribution is -2.34. The summed E-state index contributed by atoms with van der Waals surface area (Å²) in [4.78, 5) is 27.9. The van der Waals surface area contributed by atoms with Gasteiger partial charge in [0, 0.05) is 45.7 Å². The second-order valence-electron chi connectivity index (χ2n) is 7.70. The van der Waals surface area contributed by atoms with Crippen molar-refractivity contribution >= 4 is 21.8 Å². The van der Waals surface area contributed by atoms with Crippen LogP contribution < -0.4 is 4.72 Å². The molecule has 7 nitrogen and oxygen atoms in total. The third-order valence-electron chi connectivity index (χ3n) is 5.13. The number of nitrogens with one attached hydrogen (secondary N) is 1. The number of rotatable bonds is 9. The van der Waals surface area contributed by atoms with Gasteiger partial charge in [-0.15, -0.1) is 0 Å². The van der Waals surface area contributed by atoms with Crippen molar-refractivity contribution in [2.24, 2.45) is 0 Å². The van der Waals surface area contributed by atoms with Gasteiger partial charge >= 0.3 is 0 Å². The summed E-state index contributed by atoms with van der Waals surface area (Å²) in [6.45, 7) is 6.59. The first-order chi connectivity index (χ1) is 14.5. The van der Waals surface area contributed by atoms with Crippen molar-refractivity contribution in [3.8, 4) is 0 Å². The van der Waals surface area contributed by atoms with E-state index in [0.717, 1.165) is 16.7 Å². The molecule has 0 saturated heterocycles. The summed E-state index contributed by atoms with van der Waals surface area (Å²) < 4.78 is 27.5. The maximum absolute atomic E-state index is 12.6. The molecule has 0 aliphatic carbocycles. The predicted octanol–water partition coefficient (Wildman–Crippen LogP) is 2.72. The highest BCUT2D eigenvalue weighted by molar-refractivity contribution is 7.89. The first kappa shape index (κ1) is 24.6. The van der Waals surface area contributed by atoms with Gasteiger partial charge in [0.2, 0.25) is 15.9 Å². The molecule has 0 aromatic heterocycles. The molecule has 0 unspecified atom stereocenters. The first-order valence-corrected chi connectivity index (χ1v) is 11.7. The Morgan fingerprint density at radius 3 is 2.16 bits per heavy atom. The summed E-state index contributed by atoms with van der Waals surface area (Å²) in [6.07, 6.45) is 0.0646. The fourth-order valence-electron chi connectivity index (χ4n) is 3.02. The second-order valence-corrected chi connectivity index (χ2v) is 9.47. The topological polar surface area (TPSA) is 86.8 Å². The number of sulfonamides is 1. The molecule has 0 atom stereocenters. The third kappa shape index (κ3) is 6.63. The van der Waals surface area contributed by atoms with Gasteiger partial charge in [-0.25, -0.2) is 13.1 Å². The van der Waals surface area contributed by atoms with Crippen molar-refractivity contribution in [1.82, 2.24) is 14.5 Å². The van der Waals surface area contributed by atoms with Crippen LogP contribution in [0, 0.1) is 13.8 Å². The Morgan fingerprint density at radius 1 is 0.968 bits per heavy atom. The summed E-state index contributed by atoms with van der Waals surface area (Å²) in [6, 6.07) is 12.1. The molecule has 0 saturated carbocycles. The molecule has 0 heterocycles. The van der Waals surface area contributed by atoms with E-state index in [1.54, 1.807) is 49.3 Å². The average Bonchev–Trinajstić information content (AvgIpc) is 2.73. The number of hydrogen-bond donors (Lipinski definition) is 1. The summed E-state index contributed by atoms with van der Waals surface area (Å²) in [5, 5.41) is 0. The maximum atomic E-state index is 12.6. The zero-order valence-corrected chi connectivity index (χ0v) is 19.6. The minimum atomic E-state index is -3.66. The number of nitrogens with zero attached hydrogens (tertiary/aromatic N) is 2. The van der Waals surface area contributed by atoms with E-state index in [4.69, 9.17) is 0 Å². The lowest BCUT2D eigenvalue weighted by atomic mass is 10.1. The van der Waals surface area contributed by atoms with Gasteiger partial charge < -0.3 is 9.80 Å². The van der Waals surface area contributed by atoms with Crippen LogP contribution in [0.25, 0.3) is 0 Å². The molecule has 1 N–H and O–H groups in total. The molecule has 2 aromatic rings. The van der Waals surface area contributed by atoms with E-state index in [9.17, 15) is 18.0 Å². The SMILES string of the molecule is CCN(Cc1ccc(C(=O)N(C)C)cc1)C(=O)CCNS(=O)(=O)c1ccc(C)c(C)c1. The van der Waals surface area contributed by atoms with Crippen LogP contribution in [0.4, 0.5) is 0 Å². The highest BCUT2D eigenvalue weighted by Crippen LogP contribution is 2.15. The largest absolute Gasteiger partial charge is 0.345 e. The Kier molecular flexibility index (Phi) is 8.36. The highest BCUT2D eigenvalue weighted by Gasteiger charge is 2.17. The fourth-order valence-corrected chi connectivity index (χ4v) is 4.14. The van der Waals surface area contributed by atoms with Crippen LogP contribution in [0.3, 0.4) is 0 Å². The first-order valence-electron chi connectivity index (χ1n) is 10.2. The Balaban J connectivity index is 1.94. The maximum Gasteiger partial charge on any atom is 0.253 e. The lowest BCUT2D eigenvalue weighted by molar-refractivity contribution is -0.131. The molecule has 0 bridgehead atoms. The van der Waals surface area contributed by atoms with Gasteiger partial charge in [-0.2, -0.15) is 0 Å². The number of carbonyl (C=O) groups is 2. The average molecular weight is 446 g/mol. The number of carbonyl (C=O) groups excluding carboxylic acids is 2. The molecule has 0 fully saturated rings. The third-order valence-corrected chi connectivity index (χ3v) is 6.59. The van der Waals surface area contributed by atoms with E-state index in [0.29, 0.717) is 18.7 Å².